The number of fused-ring (bicyclic) bond motifs is 1. The number of anilines is 2. The van der Waals surface area contributed by atoms with Crippen molar-refractivity contribution in [1.82, 2.24) is 9.69 Å². The largest absolute Gasteiger partial charge is 0.454 e. The highest BCUT2D eigenvalue weighted by Crippen LogP contribution is 2.39. The first kappa shape index (κ1) is 25.9. The Hall–Kier alpha value is -4.19. The summed E-state index contributed by atoms with van der Waals surface area (Å²) in [5.41, 5.74) is 11.6. The third kappa shape index (κ3) is 5.48. The van der Waals surface area contributed by atoms with Gasteiger partial charge in [-0.3, -0.25) is 19.3 Å². The summed E-state index contributed by atoms with van der Waals surface area (Å²) in [4.78, 5) is 40.5. The van der Waals surface area contributed by atoms with Crippen LogP contribution in [0.5, 0.6) is 11.5 Å². The molecule has 1 aliphatic heterocycles. The number of nitrogens with two attached hydrogens (primary N) is 2. The molecule has 12 heteroatoms. The van der Waals surface area contributed by atoms with Crippen LogP contribution in [-0.2, 0) is 4.79 Å². The Balaban J connectivity index is 1.84. The van der Waals surface area contributed by atoms with Gasteiger partial charge in [-0.15, -0.1) is 0 Å². The van der Waals surface area contributed by atoms with Crippen LogP contribution in [-0.4, -0.2) is 35.4 Å². The van der Waals surface area contributed by atoms with E-state index in [0.717, 1.165) is 0 Å². The van der Waals surface area contributed by atoms with E-state index >= 15 is 0 Å². The maximum Gasteiger partial charge on any atom is 0.273 e. The monoisotopic (exact) mass is 527 g/mol. The number of hydrogen-bond acceptors (Lipinski definition) is 8. The molecule has 4 rings (SSSR count). The van der Waals surface area contributed by atoms with E-state index in [1.807, 2.05) is 13.8 Å². The molecule has 194 valence electrons. The molecule has 0 unspecified atom stereocenters. The van der Waals surface area contributed by atoms with Crippen LogP contribution in [0.1, 0.15) is 52.0 Å². The van der Waals surface area contributed by atoms with Crippen LogP contribution in [0.15, 0.2) is 42.5 Å². The molecule has 10 nitrogen and oxygen atoms in total. The minimum Gasteiger partial charge on any atom is -0.454 e. The molecule has 0 fully saturated rings. The number of benzene rings is 2. The minimum absolute atomic E-state index is 0.00752. The molecule has 2 aromatic carbocycles. The molecule has 0 aliphatic carbocycles. The Morgan fingerprint density at radius 3 is 2.49 bits per heavy atom. The molecule has 1 aliphatic rings. The van der Waals surface area contributed by atoms with Gasteiger partial charge in [0, 0.05) is 18.3 Å². The first-order valence-corrected chi connectivity index (χ1v) is 12.3. The van der Waals surface area contributed by atoms with Crippen molar-refractivity contribution in [2.75, 3.05) is 24.0 Å². The number of nitrogen functional groups attached to an aromatic ring is 1. The van der Waals surface area contributed by atoms with Gasteiger partial charge in [-0.05, 0) is 53.7 Å². The number of nitrogens with zero attached hydrogens (tertiary/aromatic N) is 2. The number of amides is 3. The second-order valence-electron chi connectivity index (χ2n) is 8.78. The summed E-state index contributed by atoms with van der Waals surface area (Å²) >= 11 is 0.695. The molecule has 3 aromatic rings. The standard InChI is InChI=1S/C25H26FN5O5S/c1-13(2)9-10-29-24(33)21(14-3-5-15(26)6-4-14)31(16-7-8-17-18(11-16)36-12-35-17)25(34)22-19(27)20(23(28)32)30-37-22/h3-8,11,13,21H,9-10,12,27H2,1-2H3,(H2,28,32)(H,29,33)/t21-/m0/s1. The molecular formula is C25H26FN5O5S. The smallest absolute Gasteiger partial charge is 0.273 e. The van der Waals surface area contributed by atoms with Crippen LogP contribution < -0.4 is 31.2 Å². The SMILES string of the molecule is CC(C)CCNC(=O)[C@H](c1ccc(F)cc1)N(C(=O)c1snc(C(N)=O)c1N)c1ccc2c(c1)OCO2. The topological polar surface area (TPSA) is 150 Å². The molecule has 5 N–H and O–H groups in total. The van der Waals surface area contributed by atoms with Crippen molar-refractivity contribution in [2.24, 2.45) is 11.7 Å². The summed E-state index contributed by atoms with van der Waals surface area (Å²) in [7, 11) is 0. The maximum atomic E-state index is 14.0. The van der Waals surface area contributed by atoms with E-state index in [0.29, 0.717) is 47.5 Å². The van der Waals surface area contributed by atoms with Crippen LogP contribution in [0, 0.1) is 11.7 Å². The summed E-state index contributed by atoms with van der Waals surface area (Å²) in [6, 6.07) is 8.82. The normalized spacial score (nSPS) is 12.9. The van der Waals surface area contributed by atoms with E-state index in [4.69, 9.17) is 20.9 Å². The molecule has 37 heavy (non-hydrogen) atoms. The number of rotatable bonds is 9. The van der Waals surface area contributed by atoms with Gasteiger partial charge in [-0.25, -0.2) is 4.39 Å². The zero-order chi connectivity index (χ0) is 26.7. The minimum atomic E-state index is -1.22. The van der Waals surface area contributed by atoms with Gasteiger partial charge in [0.2, 0.25) is 12.7 Å². The Bertz CT molecular complexity index is 1330. The highest BCUT2D eigenvalue weighted by Gasteiger charge is 2.36. The van der Waals surface area contributed by atoms with Crippen molar-refractivity contribution in [3.8, 4) is 11.5 Å². The second kappa shape index (κ2) is 10.8. The van der Waals surface area contributed by atoms with Crippen molar-refractivity contribution in [3.05, 3.63) is 64.4 Å². The molecule has 0 bridgehead atoms. The number of halogens is 1. The lowest BCUT2D eigenvalue weighted by atomic mass is 10.0. The van der Waals surface area contributed by atoms with Crippen LogP contribution in [0.4, 0.5) is 15.8 Å². The highest BCUT2D eigenvalue weighted by molar-refractivity contribution is 7.09. The number of aromatic nitrogens is 1. The lowest BCUT2D eigenvalue weighted by Gasteiger charge is -2.31. The summed E-state index contributed by atoms with van der Waals surface area (Å²) in [6.45, 7) is 4.42. The number of ether oxygens (including phenoxy) is 2. The molecule has 3 amide bonds. The zero-order valence-electron chi connectivity index (χ0n) is 20.2. The predicted octanol–water partition coefficient (Wildman–Crippen LogP) is 3.24. The van der Waals surface area contributed by atoms with E-state index in [9.17, 15) is 18.8 Å². The van der Waals surface area contributed by atoms with Crippen LogP contribution in [0.25, 0.3) is 0 Å². The van der Waals surface area contributed by atoms with Gasteiger partial charge in [0.05, 0.1) is 5.69 Å². The summed E-state index contributed by atoms with van der Waals surface area (Å²) in [6.07, 6.45) is 0.712. The summed E-state index contributed by atoms with van der Waals surface area (Å²) in [5.74, 6) is -1.38. The van der Waals surface area contributed by atoms with E-state index in [1.165, 1.54) is 29.2 Å². The molecule has 0 spiro atoms. The molecule has 0 saturated heterocycles. The second-order valence-corrected chi connectivity index (χ2v) is 9.55. The third-order valence-electron chi connectivity index (χ3n) is 5.72. The number of carbonyl (C=O) groups is 3. The van der Waals surface area contributed by atoms with Gasteiger partial charge in [-0.1, -0.05) is 26.0 Å². The molecule has 1 atom stereocenters. The van der Waals surface area contributed by atoms with Gasteiger partial charge in [-0.2, -0.15) is 4.37 Å². The molecule has 2 heterocycles. The maximum absolute atomic E-state index is 14.0. The Morgan fingerprint density at radius 1 is 1.14 bits per heavy atom. The predicted molar refractivity (Wildman–Crippen MR) is 136 cm³/mol. The molecule has 0 radical (unpaired) electrons. The zero-order valence-corrected chi connectivity index (χ0v) is 21.0. The van der Waals surface area contributed by atoms with E-state index < -0.39 is 29.6 Å². The van der Waals surface area contributed by atoms with Crippen molar-refractivity contribution in [2.45, 2.75) is 26.3 Å². The van der Waals surface area contributed by atoms with Gasteiger partial charge < -0.3 is 26.3 Å². The number of nitrogens with one attached hydrogen (secondary N) is 1. The summed E-state index contributed by atoms with van der Waals surface area (Å²) in [5, 5.41) is 2.87. The Morgan fingerprint density at radius 2 is 1.84 bits per heavy atom. The Labute approximate surface area is 216 Å². The van der Waals surface area contributed by atoms with Crippen molar-refractivity contribution >= 4 is 40.6 Å². The molecule has 1 aromatic heterocycles. The average Bonchev–Trinajstić information content (AvgIpc) is 3.48. The van der Waals surface area contributed by atoms with E-state index in [2.05, 4.69) is 9.69 Å². The Kier molecular flexibility index (Phi) is 7.58. The van der Waals surface area contributed by atoms with Crippen LogP contribution in [0.3, 0.4) is 0 Å². The van der Waals surface area contributed by atoms with E-state index in [1.54, 1.807) is 18.2 Å². The van der Waals surface area contributed by atoms with Gasteiger partial charge in [0.15, 0.2) is 17.2 Å². The first-order valence-electron chi connectivity index (χ1n) is 11.5. The van der Waals surface area contributed by atoms with Crippen LogP contribution >= 0.6 is 11.5 Å². The number of hydrogen-bond donors (Lipinski definition) is 3. The van der Waals surface area contributed by atoms with Crippen molar-refractivity contribution in [3.63, 3.8) is 0 Å². The lowest BCUT2D eigenvalue weighted by molar-refractivity contribution is -0.122. The average molecular weight is 528 g/mol. The first-order chi connectivity index (χ1) is 17.7. The van der Waals surface area contributed by atoms with Crippen molar-refractivity contribution in [1.29, 1.82) is 0 Å². The quantitative estimate of drug-likeness (QED) is 0.387. The summed E-state index contributed by atoms with van der Waals surface area (Å²) < 4.78 is 28.6. The number of primary amides is 1. The van der Waals surface area contributed by atoms with Crippen LogP contribution in [0.2, 0.25) is 0 Å². The molecular weight excluding hydrogens is 501 g/mol. The fourth-order valence-electron chi connectivity index (χ4n) is 3.80. The van der Waals surface area contributed by atoms with E-state index in [-0.39, 0.29) is 28.7 Å². The fraction of sp³-hybridized carbons (Fsp3) is 0.280. The van der Waals surface area contributed by atoms with Crippen molar-refractivity contribution < 1.29 is 28.2 Å². The molecule has 0 saturated carbocycles. The van der Waals surface area contributed by atoms with Gasteiger partial charge in [0.25, 0.3) is 11.8 Å². The lowest BCUT2D eigenvalue weighted by Crippen LogP contribution is -2.44. The third-order valence-corrected chi connectivity index (χ3v) is 6.57. The number of carbonyl (C=O) groups excluding carboxylic acids is 3. The van der Waals surface area contributed by atoms with Gasteiger partial charge >= 0.3 is 0 Å². The fourth-order valence-corrected chi connectivity index (χ4v) is 4.54. The van der Waals surface area contributed by atoms with Gasteiger partial charge in [0.1, 0.15) is 16.7 Å². The highest BCUT2D eigenvalue weighted by atomic mass is 32.1.